The van der Waals surface area contributed by atoms with Gasteiger partial charge in [-0.15, -0.1) is 0 Å². The zero-order valence-electron chi connectivity index (χ0n) is 19.5. The van der Waals surface area contributed by atoms with Crippen LogP contribution in [0.4, 0.5) is 23.7 Å². The summed E-state index contributed by atoms with van der Waals surface area (Å²) in [4.78, 5) is 42.1. The molecule has 0 spiro atoms. The molecule has 3 rings (SSSR count). The van der Waals surface area contributed by atoms with Crippen molar-refractivity contribution in [3.05, 3.63) is 69.1 Å². The molecule has 0 saturated heterocycles. The Kier molecular flexibility index (Phi) is 8.77. The molecule has 0 unspecified atom stereocenters. The predicted octanol–water partition coefficient (Wildman–Crippen LogP) is 5.39. The van der Waals surface area contributed by atoms with Crippen molar-refractivity contribution in [2.75, 3.05) is 11.9 Å². The Morgan fingerprint density at radius 2 is 1.84 bits per heavy atom. The summed E-state index contributed by atoms with van der Waals surface area (Å²) in [6, 6.07) is 5.00. The van der Waals surface area contributed by atoms with Crippen molar-refractivity contribution < 1.29 is 27.6 Å². The minimum atomic E-state index is -4.88. The SMILES string of the molecule is CCCCNC(=O)c1cc(Cl)cc(C)c1NC(=O)NC(=O)c1cc(C(F)(F)F)nn1-c1ncccc1Cl. The molecule has 0 saturated carbocycles. The average molecular weight is 557 g/mol. The van der Waals surface area contributed by atoms with Gasteiger partial charge in [-0.25, -0.2) is 14.5 Å². The largest absolute Gasteiger partial charge is 0.435 e. The van der Waals surface area contributed by atoms with Crippen LogP contribution in [0.2, 0.25) is 10.0 Å². The summed E-state index contributed by atoms with van der Waals surface area (Å²) in [7, 11) is 0. The van der Waals surface area contributed by atoms with E-state index in [1.807, 2.05) is 12.2 Å². The number of hydrogen-bond donors (Lipinski definition) is 3. The third-order valence-electron chi connectivity index (χ3n) is 5.00. The first kappa shape index (κ1) is 27.9. The van der Waals surface area contributed by atoms with Crippen molar-refractivity contribution in [1.82, 2.24) is 25.4 Å². The molecule has 0 bridgehead atoms. The Labute approximate surface area is 219 Å². The van der Waals surface area contributed by atoms with Gasteiger partial charge in [-0.2, -0.15) is 18.3 Å². The van der Waals surface area contributed by atoms with Crippen molar-refractivity contribution in [3.63, 3.8) is 0 Å². The first-order valence-corrected chi connectivity index (χ1v) is 11.7. The van der Waals surface area contributed by atoms with Crippen molar-refractivity contribution >= 4 is 46.7 Å². The van der Waals surface area contributed by atoms with E-state index in [1.165, 1.54) is 30.5 Å². The molecule has 9 nitrogen and oxygen atoms in total. The average Bonchev–Trinajstić information content (AvgIpc) is 3.27. The fourth-order valence-corrected chi connectivity index (χ4v) is 3.72. The van der Waals surface area contributed by atoms with Crippen LogP contribution in [0.3, 0.4) is 0 Å². The highest BCUT2D eigenvalue weighted by atomic mass is 35.5. The number of urea groups is 1. The van der Waals surface area contributed by atoms with E-state index in [1.54, 1.807) is 6.92 Å². The summed E-state index contributed by atoms with van der Waals surface area (Å²) in [5.41, 5.74) is -1.50. The smallest absolute Gasteiger partial charge is 0.352 e. The van der Waals surface area contributed by atoms with Gasteiger partial charge in [-0.1, -0.05) is 36.5 Å². The molecule has 3 N–H and O–H groups in total. The van der Waals surface area contributed by atoms with Gasteiger partial charge in [-0.05, 0) is 43.2 Å². The number of amides is 4. The van der Waals surface area contributed by atoms with Crippen LogP contribution in [0.1, 0.15) is 51.9 Å². The maximum atomic E-state index is 13.3. The number of anilines is 1. The number of benzene rings is 1. The number of imide groups is 1. The number of carbonyl (C=O) groups is 3. The van der Waals surface area contributed by atoms with Crippen LogP contribution in [0.15, 0.2) is 36.5 Å². The second kappa shape index (κ2) is 11.6. The van der Waals surface area contributed by atoms with E-state index in [4.69, 9.17) is 23.2 Å². The number of alkyl halides is 3. The lowest BCUT2D eigenvalue weighted by Crippen LogP contribution is -2.36. The Balaban J connectivity index is 1.89. The Bertz CT molecular complexity index is 1340. The monoisotopic (exact) mass is 556 g/mol. The highest BCUT2D eigenvalue weighted by molar-refractivity contribution is 6.32. The lowest BCUT2D eigenvalue weighted by Gasteiger charge is -2.15. The van der Waals surface area contributed by atoms with Crippen LogP contribution < -0.4 is 16.0 Å². The standard InChI is InChI=1S/C23H21Cl2F3N6O3/c1-3-4-7-30-20(35)14-10-13(24)9-12(2)18(14)31-22(37)32-21(36)16-11-17(23(26,27)28)33-34(16)19-15(25)6-5-8-29-19/h5-6,8-11H,3-4,7H2,1-2H3,(H,30,35)(H2,31,32,36,37). The highest BCUT2D eigenvalue weighted by Crippen LogP contribution is 2.30. The molecule has 37 heavy (non-hydrogen) atoms. The summed E-state index contributed by atoms with van der Waals surface area (Å²) >= 11 is 12.1. The molecule has 0 aliphatic heterocycles. The maximum Gasteiger partial charge on any atom is 0.435 e. The van der Waals surface area contributed by atoms with E-state index in [9.17, 15) is 27.6 Å². The minimum absolute atomic E-state index is 0.0494. The van der Waals surface area contributed by atoms with E-state index in [-0.39, 0.29) is 27.1 Å². The fraction of sp³-hybridized carbons (Fsp3) is 0.261. The lowest BCUT2D eigenvalue weighted by atomic mass is 10.1. The normalized spacial score (nSPS) is 11.2. The first-order valence-electron chi connectivity index (χ1n) is 10.9. The van der Waals surface area contributed by atoms with Gasteiger partial charge < -0.3 is 10.6 Å². The second-order valence-electron chi connectivity index (χ2n) is 7.80. The van der Waals surface area contributed by atoms with Crippen LogP contribution in [0.5, 0.6) is 0 Å². The molecule has 196 valence electrons. The van der Waals surface area contributed by atoms with E-state index in [0.717, 1.165) is 12.8 Å². The van der Waals surface area contributed by atoms with Gasteiger partial charge in [-0.3, -0.25) is 14.9 Å². The molecule has 14 heteroatoms. The summed E-state index contributed by atoms with van der Waals surface area (Å²) < 4.78 is 40.6. The Hall–Kier alpha value is -3.64. The number of nitrogens with zero attached hydrogens (tertiary/aromatic N) is 3. The molecule has 2 heterocycles. The number of nitrogens with one attached hydrogen (secondary N) is 3. The molecular formula is C23H21Cl2F3N6O3. The number of rotatable bonds is 7. The van der Waals surface area contributed by atoms with E-state index >= 15 is 0 Å². The quantitative estimate of drug-likeness (QED) is 0.337. The molecule has 0 aliphatic rings. The van der Waals surface area contributed by atoms with Gasteiger partial charge in [0, 0.05) is 23.8 Å². The van der Waals surface area contributed by atoms with E-state index in [2.05, 4.69) is 20.7 Å². The van der Waals surface area contributed by atoms with Crippen LogP contribution in [0.25, 0.3) is 5.82 Å². The Morgan fingerprint density at radius 3 is 2.49 bits per heavy atom. The number of aryl methyl sites for hydroxylation is 1. The van der Waals surface area contributed by atoms with Gasteiger partial charge in [0.05, 0.1) is 16.3 Å². The molecule has 0 fully saturated rings. The molecular weight excluding hydrogens is 536 g/mol. The molecule has 4 amide bonds. The molecule has 3 aromatic rings. The predicted molar refractivity (Wildman–Crippen MR) is 131 cm³/mol. The van der Waals surface area contributed by atoms with Gasteiger partial charge in [0.1, 0.15) is 5.69 Å². The van der Waals surface area contributed by atoms with Crippen LogP contribution in [0, 0.1) is 6.92 Å². The van der Waals surface area contributed by atoms with Crippen molar-refractivity contribution in [3.8, 4) is 5.82 Å². The van der Waals surface area contributed by atoms with Crippen LogP contribution >= 0.6 is 23.2 Å². The number of halogens is 5. The summed E-state index contributed by atoms with van der Waals surface area (Å²) in [5.74, 6) is -1.97. The number of aromatic nitrogens is 3. The van der Waals surface area contributed by atoms with Crippen LogP contribution in [-0.2, 0) is 6.18 Å². The second-order valence-corrected chi connectivity index (χ2v) is 8.64. The van der Waals surface area contributed by atoms with Crippen molar-refractivity contribution in [2.45, 2.75) is 32.9 Å². The first-order chi connectivity index (χ1) is 17.4. The third kappa shape index (κ3) is 6.77. The van der Waals surface area contributed by atoms with Gasteiger partial charge in [0.15, 0.2) is 11.5 Å². The zero-order chi connectivity index (χ0) is 27.3. The zero-order valence-corrected chi connectivity index (χ0v) is 21.1. The number of pyridine rings is 1. The Morgan fingerprint density at radius 1 is 1.11 bits per heavy atom. The van der Waals surface area contributed by atoms with E-state index in [0.29, 0.717) is 22.9 Å². The van der Waals surface area contributed by atoms with E-state index < -0.39 is 35.4 Å². The molecule has 0 aliphatic carbocycles. The summed E-state index contributed by atoms with van der Waals surface area (Å²) in [5, 5.41) is 10.6. The van der Waals surface area contributed by atoms with Gasteiger partial charge >= 0.3 is 12.2 Å². The minimum Gasteiger partial charge on any atom is -0.352 e. The molecule has 1 aromatic carbocycles. The van der Waals surface area contributed by atoms with Crippen molar-refractivity contribution in [2.24, 2.45) is 0 Å². The maximum absolute atomic E-state index is 13.3. The molecule has 2 aromatic heterocycles. The summed E-state index contributed by atoms with van der Waals surface area (Å²) in [6.07, 6.45) is -2.05. The number of unbranched alkanes of at least 4 members (excludes halogenated alkanes) is 1. The topological polar surface area (TPSA) is 118 Å². The molecule has 0 radical (unpaired) electrons. The highest BCUT2D eigenvalue weighted by Gasteiger charge is 2.37. The van der Waals surface area contributed by atoms with Gasteiger partial charge in [0.25, 0.3) is 11.8 Å². The number of carbonyl (C=O) groups excluding carboxylic acids is 3. The lowest BCUT2D eigenvalue weighted by molar-refractivity contribution is -0.141. The summed E-state index contributed by atoms with van der Waals surface area (Å²) in [6.45, 7) is 3.93. The molecule has 0 atom stereocenters. The fourth-order valence-electron chi connectivity index (χ4n) is 3.25. The van der Waals surface area contributed by atoms with Crippen LogP contribution in [-0.4, -0.2) is 39.2 Å². The van der Waals surface area contributed by atoms with Gasteiger partial charge in [0.2, 0.25) is 0 Å². The third-order valence-corrected chi connectivity index (χ3v) is 5.51. The van der Waals surface area contributed by atoms with Crippen molar-refractivity contribution in [1.29, 1.82) is 0 Å². The number of hydrogen-bond acceptors (Lipinski definition) is 5.